The van der Waals surface area contributed by atoms with E-state index in [4.69, 9.17) is 15.0 Å². The first-order valence-corrected chi connectivity index (χ1v) is 3.58. The first-order chi connectivity index (χ1) is 6.54. The predicted octanol–water partition coefficient (Wildman–Crippen LogP) is -2.49. The molecular formula is C7H11NaO8. The maximum absolute atomic E-state index is 10.4. The summed E-state index contributed by atoms with van der Waals surface area (Å²) in [6.07, 6.45) is -5.02. The standard InChI is InChI=1S/C6H10O5.CH2O3.Na/c1-6(2,3)11-5(9)10-4(7)8;2-1(3)4;/h1-3H3,(H,7,8);(H2,2,3,4);/q;;+1/p-1. The van der Waals surface area contributed by atoms with E-state index in [1.165, 1.54) is 0 Å². The van der Waals surface area contributed by atoms with E-state index < -0.39 is 24.1 Å². The molecule has 0 fully saturated rings. The van der Waals surface area contributed by atoms with Crippen molar-refractivity contribution in [2.45, 2.75) is 26.4 Å². The molecule has 88 valence electrons. The smallest absolute Gasteiger partial charge is 0.453 e. The topological polar surface area (TPSA) is 133 Å². The summed E-state index contributed by atoms with van der Waals surface area (Å²) in [4.78, 5) is 28.6. The molecule has 0 amide bonds. The van der Waals surface area contributed by atoms with E-state index in [0.717, 1.165) is 0 Å². The van der Waals surface area contributed by atoms with Crippen molar-refractivity contribution in [2.75, 3.05) is 0 Å². The number of carboxylic acid groups (broad SMARTS) is 3. The maximum Gasteiger partial charge on any atom is 1.00 e. The van der Waals surface area contributed by atoms with Crippen molar-refractivity contribution in [3.63, 3.8) is 0 Å². The molecule has 0 radical (unpaired) electrons. The van der Waals surface area contributed by atoms with E-state index in [0.29, 0.717) is 0 Å². The summed E-state index contributed by atoms with van der Waals surface area (Å²) in [6, 6.07) is 0. The molecule has 0 saturated carbocycles. The monoisotopic (exact) mass is 246 g/mol. The summed E-state index contributed by atoms with van der Waals surface area (Å²) < 4.78 is 8.04. The Kier molecular flexibility index (Phi) is 11.8. The number of hydrogen-bond acceptors (Lipinski definition) is 6. The van der Waals surface area contributed by atoms with Crippen LogP contribution >= 0.6 is 0 Å². The molecule has 0 heterocycles. The average molecular weight is 246 g/mol. The van der Waals surface area contributed by atoms with Gasteiger partial charge in [-0.25, -0.2) is 9.59 Å². The number of carbonyl (C=O) groups is 3. The SMILES string of the molecule is CC(C)(C)OC(=O)OC(=O)[O-].O=C(O)O.[Na+]. The number of ether oxygens (including phenoxy) is 2. The van der Waals surface area contributed by atoms with Gasteiger partial charge in [-0.05, 0) is 20.8 Å². The van der Waals surface area contributed by atoms with Crippen molar-refractivity contribution >= 4 is 18.5 Å². The van der Waals surface area contributed by atoms with E-state index in [9.17, 15) is 14.7 Å². The van der Waals surface area contributed by atoms with Gasteiger partial charge in [-0.15, -0.1) is 0 Å². The fourth-order valence-corrected chi connectivity index (χ4v) is 0.339. The summed E-state index contributed by atoms with van der Waals surface area (Å²) in [5, 5.41) is 23.6. The van der Waals surface area contributed by atoms with Gasteiger partial charge in [0.2, 0.25) is 0 Å². The second-order valence-electron chi connectivity index (χ2n) is 3.10. The zero-order chi connectivity index (χ0) is 12.6. The van der Waals surface area contributed by atoms with Crippen molar-refractivity contribution in [1.82, 2.24) is 0 Å². The van der Waals surface area contributed by atoms with Crippen molar-refractivity contribution in [3.05, 3.63) is 0 Å². The largest absolute Gasteiger partial charge is 1.00 e. The van der Waals surface area contributed by atoms with Crippen LogP contribution in [0.3, 0.4) is 0 Å². The van der Waals surface area contributed by atoms with Crippen LogP contribution in [0.4, 0.5) is 14.4 Å². The van der Waals surface area contributed by atoms with Gasteiger partial charge in [0, 0.05) is 0 Å². The molecular weight excluding hydrogens is 235 g/mol. The van der Waals surface area contributed by atoms with E-state index in [2.05, 4.69) is 9.47 Å². The van der Waals surface area contributed by atoms with Crippen LogP contribution in [0.1, 0.15) is 20.8 Å². The van der Waals surface area contributed by atoms with Crippen LogP contribution in [0.15, 0.2) is 0 Å². The molecule has 0 aromatic carbocycles. The molecule has 2 N–H and O–H groups in total. The van der Waals surface area contributed by atoms with Gasteiger partial charge in [0.25, 0.3) is 6.16 Å². The van der Waals surface area contributed by atoms with Crippen molar-refractivity contribution in [2.24, 2.45) is 0 Å². The molecule has 0 rings (SSSR count). The van der Waals surface area contributed by atoms with Crippen molar-refractivity contribution in [1.29, 1.82) is 0 Å². The van der Waals surface area contributed by atoms with E-state index in [1.807, 2.05) is 0 Å². The second kappa shape index (κ2) is 9.25. The van der Waals surface area contributed by atoms with E-state index in [1.54, 1.807) is 20.8 Å². The first kappa shape index (κ1) is 20.4. The van der Waals surface area contributed by atoms with Crippen LogP contribution < -0.4 is 34.7 Å². The number of hydrogen-bond donors (Lipinski definition) is 2. The number of rotatable bonds is 0. The Hall–Kier alpha value is -0.990. The molecule has 0 saturated heterocycles. The second-order valence-corrected chi connectivity index (χ2v) is 3.10. The zero-order valence-electron chi connectivity index (χ0n) is 9.34. The third-order valence-corrected chi connectivity index (χ3v) is 0.556. The van der Waals surface area contributed by atoms with Gasteiger partial charge in [-0.2, -0.15) is 0 Å². The van der Waals surface area contributed by atoms with Gasteiger partial charge in [-0.1, -0.05) is 0 Å². The van der Waals surface area contributed by atoms with Crippen LogP contribution in [-0.4, -0.2) is 34.3 Å². The van der Waals surface area contributed by atoms with Crippen molar-refractivity contribution < 1.29 is 68.7 Å². The molecule has 0 atom stereocenters. The van der Waals surface area contributed by atoms with Crippen LogP contribution in [-0.2, 0) is 9.47 Å². The third-order valence-electron chi connectivity index (χ3n) is 0.556. The van der Waals surface area contributed by atoms with Gasteiger partial charge in [0.05, 0.1) is 0 Å². The fourth-order valence-electron chi connectivity index (χ4n) is 0.339. The summed E-state index contributed by atoms with van der Waals surface area (Å²) in [7, 11) is 0. The van der Waals surface area contributed by atoms with E-state index in [-0.39, 0.29) is 29.6 Å². The van der Waals surface area contributed by atoms with Crippen LogP contribution in [0.5, 0.6) is 0 Å². The van der Waals surface area contributed by atoms with Gasteiger partial charge in [0.1, 0.15) is 5.60 Å². The molecule has 0 aromatic heterocycles. The van der Waals surface area contributed by atoms with Crippen LogP contribution in [0.25, 0.3) is 0 Å². The summed E-state index contributed by atoms with van der Waals surface area (Å²) in [5.41, 5.74) is -0.757. The summed E-state index contributed by atoms with van der Waals surface area (Å²) in [6.45, 7) is 4.76. The van der Waals surface area contributed by atoms with Crippen LogP contribution in [0, 0.1) is 0 Å². The maximum atomic E-state index is 10.4. The molecule has 0 unspecified atom stereocenters. The normalized spacial score (nSPS) is 8.69. The predicted molar refractivity (Wildman–Crippen MR) is 43.4 cm³/mol. The Labute approximate surface area is 113 Å². The van der Waals surface area contributed by atoms with E-state index >= 15 is 0 Å². The Balaban J connectivity index is -0.000000292. The molecule has 0 aromatic rings. The quantitative estimate of drug-likeness (QED) is 0.272. The molecule has 0 aliphatic carbocycles. The van der Waals surface area contributed by atoms with Gasteiger partial charge < -0.3 is 29.6 Å². The van der Waals surface area contributed by atoms with Crippen molar-refractivity contribution in [3.8, 4) is 0 Å². The molecule has 0 aliphatic rings. The summed E-state index contributed by atoms with van der Waals surface area (Å²) in [5.74, 6) is 0. The average Bonchev–Trinajstić information content (AvgIpc) is 1.76. The van der Waals surface area contributed by atoms with Crippen LogP contribution in [0.2, 0.25) is 0 Å². The van der Waals surface area contributed by atoms with Gasteiger partial charge >= 0.3 is 41.9 Å². The Bertz CT molecular complexity index is 239. The minimum Gasteiger partial charge on any atom is -0.453 e. The molecule has 16 heavy (non-hydrogen) atoms. The Morgan fingerprint density at radius 2 is 1.44 bits per heavy atom. The number of carbonyl (C=O) groups excluding carboxylic acids is 2. The molecule has 8 nitrogen and oxygen atoms in total. The first-order valence-electron chi connectivity index (χ1n) is 3.58. The van der Waals surface area contributed by atoms with Gasteiger partial charge in [-0.3, -0.25) is 0 Å². The minimum absolute atomic E-state index is 0. The third kappa shape index (κ3) is 29.2. The summed E-state index contributed by atoms with van der Waals surface area (Å²) >= 11 is 0. The minimum atomic E-state index is -1.92. The Morgan fingerprint density at radius 3 is 1.62 bits per heavy atom. The van der Waals surface area contributed by atoms with Gasteiger partial charge in [0.15, 0.2) is 0 Å². The fraction of sp³-hybridized carbons (Fsp3) is 0.571. The molecule has 0 aliphatic heterocycles. The molecule has 9 heteroatoms. The Morgan fingerprint density at radius 1 is 1.12 bits per heavy atom. The molecule has 0 bridgehead atoms. The molecule has 0 spiro atoms. The zero-order valence-corrected chi connectivity index (χ0v) is 11.3.